The molecule has 1 N–H and O–H groups in total. The number of nitrogens with one attached hydrogen (secondary N) is 1. The van der Waals surface area contributed by atoms with Crippen LogP contribution in [0.4, 0.5) is 11.4 Å². The van der Waals surface area contributed by atoms with Gasteiger partial charge in [-0.1, -0.05) is 64.4 Å². The maximum atomic E-state index is 13.6. The molecule has 3 aromatic carbocycles. The lowest BCUT2D eigenvalue weighted by Crippen LogP contribution is -2.29. The van der Waals surface area contributed by atoms with Crippen LogP contribution in [0.5, 0.6) is 5.75 Å². The Morgan fingerprint density at radius 2 is 1.69 bits per heavy atom. The van der Waals surface area contributed by atoms with Crippen molar-refractivity contribution in [2.75, 3.05) is 43.1 Å². The van der Waals surface area contributed by atoms with Crippen LogP contribution >= 0.6 is 0 Å². The number of hydrogen-bond donors (Lipinski definition) is 1. The van der Waals surface area contributed by atoms with Crippen molar-refractivity contribution in [3.8, 4) is 16.9 Å². The number of unbranched alkanes of at least 4 members (excludes halogenated alkanes) is 1. The van der Waals surface area contributed by atoms with Crippen molar-refractivity contribution in [1.82, 2.24) is 9.55 Å². The Kier molecular flexibility index (Phi) is 12.8. The van der Waals surface area contributed by atoms with Gasteiger partial charge >= 0.3 is 0 Å². The average molecular weight is 663 g/mol. The van der Waals surface area contributed by atoms with Gasteiger partial charge in [0.1, 0.15) is 12.4 Å². The van der Waals surface area contributed by atoms with Crippen LogP contribution in [0.1, 0.15) is 75.1 Å². The highest BCUT2D eigenvalue weighted by atomic mass is 16.5. The quantitative estimate of drug-likeness (QED) is 0.0902. The van der Waals surface area contributed by atoms with Crippen molar-refractivity contribution in [1.29, 1.82) is 0 Å². The molecule has 0 atom stereocenters. The molecule has 0 saturated heterocycles. The van der Waals surface area contributed by atoms with Crippen molar-refractivity contribution < 1.29 is 19.1 Å². The topological polar surface area (TPSA) is 85.7 Å². The molecule has 4 aromatic rings. The summed E-state index contributed by atoms with van der Waals surface area (Å²) in [7, 11) is 0. The number of aryl methyl sites for hydroxylation is 1. The van der Waals surface area contributed by atoms with Crippen LogP contribution in [0.15, 0.2) is 84.7 Å². The number of rotatable bonds is 17. The first kappa shape index (κ1) is 35.6. The largest absolute Gasteiger partial charge is 0.491 e. The average Bonchev–Trinajstić information content (AvgIpc) is 3.49. The van der Waals surface area contributed by atoms with Crippen molar-refractivity contribution in [2.45, 2.75) is 66.3 Å². The highest BCUT2D eigenvalue weighted by Crippen LogP contribution is 2.34. The van der Waals surface area contributed by atoms with Crippen LogP contribution in [0.3, 0.4) is 0 Å². The van der Waals surface area contributed by atoms with Crippen molar-refractivity contribution in [3.63, 3.8) is 0 Å². The van der Waals surface area contributed by atoms with Gasteiger partial charge in [-0.3, -0.25) is 9.59 Å². The summed E-state index contributed by atoms with van der Waals surface area (Å²) < 4.78 is 13.4. The van der Waals surface area contributed by atoms with E-state index in [1.54, 1.807) is 6.20 Å². The number of amides is 1. The molecule has 0 aliphatic carbocycles. The van der Waals surface area contributed by atoms with E-state index in [0.717, 1.165) is 84.8 Å². The molecular weight excluding hydrogens is 612 g/mol. The third-order valence-electron chi connectivity index (χ3n) is 8.56. The predicted molar refractivity (Wildman–Crippen MR) is 198 cm³/mol. The highest BCUT2D eigenvalue weighted by Gasteiger charge is 2.21. The minimum atomic E-state index is -0.117. The van der Waals surface area contributed by atoms with Crippen molar-refractivity contribution in [2.24, 2.45) is 5.92 Å². The second-order valence-electron chi connectivity index (χ2n) is 13.1. The van der Waals surface area contributed by atoms with Gasteiger partial charge in [0, 0.05) is 62.0 Å². The Hall–Kier alpha value is -4.69. The van der Waals surface area contributed by atoms with Crippen LogP contribution in [0.25, 0.3) is 17.2 Å². The van der Waals surface area contributed by atoms with Gasteiger partial charge in [-0.2, -0.15) is 0 Å². The summed E-state index contributed by atoms with van der Waals surface area (Å²) in [4.78, 5) is 33.2. The molecule has 0 unspecified atom stereocenters. The number of anilines is 2. The second kappa shape index (κ2) is 17.6. The molecule has 1 aromatic heterocycles. The van der Waals surface area contributed by atoms with Gasteiger partial charge in [0.05, 0.1) is 6.61 Å². The second-order valence-corrected chi connectivity index (χ2v) is 13.1. The summed E-state index contributed by atoms with van der Waals surface area (Å²) in [6.07, 6.45) is 9.57. The van der Waals surface area contributed by atoms with E-state index >= 15 is 0 Å². The molecule has 1 amide bonds. The van der Waals surface area contributed by atoms with Gasteiger partial charge in [0.25, 0.3) is 5.91 Å². The fourth-order valence-electron chi connectivity index (χ4n) is 6.06. The molecule has 0 fully saturated rings. The summed E-state index contributed by atoms with van der Waals surface area (Å²) >= 11 is 0. The van der Waals surface area contributed by atoms with E-state index in [9.17, 15) is 9.59 Å². The number of nitrogens with zero attached hydrogens (tertiary/aromatic N) is 3. The number of hydrogen-bond acceptors (Lipinski definition) is 6. The summed E-state index contributed by atoms with van der Waals surface area (Å²) in [5, 5.41) is 3.09. The molecule has 5 rings (SSSR count). The first-order valence-corrected chi connectivity index (χ1v) is 17.7. The number of ketones is 1. The zero-order valence-electron chi connectivity index (χ0n) is 29.4. The number of ether oxygens (including phenoxy) is 2. The molecular formula is C41H50N4O4. The molecule has 0 spiro atoms. The summed E-state index contributed by atoms with van der Waals surface area (Å²) in [6.45, 7) is 13.0. The number of imidazole rings is 1. The fraction of sp³-hybridized carbons (Fsp3) is 0.390. The lowest BCUT2D eigenvalue weighted by molar-refractivity contribution is -0.112. The molecule has 1 aliphatic heterocycles. The minimum absolute atomic E-state index is 0.0182. The third kappa shape index (κ3) is 9.92. The molecule has 0 bridgehead atoms. The van der Waals surface area contributed by atoms with Crippen LogP contribution < -0.4 is 15.0 Å². The van der Waals surface area contributed by atoms with Crippen molar-refractivity contribution in [3.05, 3.63) is 102 Å². The van der Waals surface area contributed by atoms with E-state index in [2.05, 4.69) is 73.2 Å². The van der Waals surface area contributed by atoms with E-state index < -0.39 is 0 Å². The zero-order valence-corrected chi connectivity index (χ0v) is 29.4. The van der Waals surface area contributed by atoms with Gasteiger partial charge in [0.15, 0.2) is 5.82 Å². The van der Waals surface area contributed by atoms with Gasteiger partial charge in [-0.25, -0.2) is 4.98 Å². The molecule has 2 heterocycles. The summed E-state index contributed by atoms with van der Waals surface area (Å²) in [5.41, 5.74) is 6.64. The Balaban J connectivity index is 1.27. The van der Waals surface area contributed by atoms with Crippen LogP contribution in [-0.2, 0) is 22.5 Å². The Bertz CT molecular complexity index is 1710. The number of aromatic nitrogens is 2. The number of carbonyl (C=O) groups is 2. The van der Waals surface area contributed by atoms with Crippen LogP contribution in [0.2, 0.25) is 0 Å². The maximum Gasteiger partial charge on any atom is 0.251 e. The maximum absolute atomic E-state index is 13.6. The molecule has 0 saturated carbocycles. The minimum Gasteiger partial charge on any atom is -0.491 e. The first-order valence-electron chi connectivity index (χ1n) is 17.7. The van der Waals surface area contributed by atoms with Gasteiger partial charge in [-0.05, 0) is 89.9 Å². The number of benzene rings is 3. The SMILES string of the molecule is CCCCOCCOc1ccc(-c2ccc3c(c2)C=C(C(=O)Nc2ccc(CC(=O)c4nccn4CCC)cc2)CCN3CC(C)C)cc1. The van der Waals surface area contributed by atoms with E-state index in [4.69, 9.17) is 9.47 Å². The predicted octanol–water partition coefficient (Wildman–Crippen LogP) is 8.47. The third-order valence-corrected chi connectivity index (χ3v) is 8.56. The van der Waals surface area contributed by atoms with E-state index in [0.29, 0.717) is 37.1 Å². The monoisotopic (exact) mass is 662 g/mol. The van der Waals surface area contributed by atoms with E-state index in [1.165, 1.54) is 0 Å². The van der Waals surface area contributed by atoms with Gasteiger partial charge < -0.3 is 24.3 Å². The molecule has 1 aliphatic rings. The lowest BCUT2D eigenvalue weighted by atomic mass is 10.00. The number of fused-ring (bicyclic) bond motifs is 1. The summed E-state index contributed by atoms with van der Waals surface area (Å²) in [6, 6.07) is 22.2. The van der Waals surface area contributed by atoms with Crippen LogP contribution in [-0.4, -0.2) is 54.2 Å². The smallest absolute Gasteiger partial charge is 0.251 e. The molecule has 0 radical (unpaired) electrons. The van der Waals surface area contributed by atoms with E-state index in [1.807, 2.05) is 53.2 Å². The Morgan fingerprint density at radius 3 is 2.43 bits per heavy atom. The number of Topliss-reactive ketones (excluding diaryl/α,β-unsaturated/α-hetero) is 1. The molecule has 49 heavy (non-hydrogen) atoms. The lowest BCUT2D eigenvalue weighted by Gasteiger charge is -2.27. The van der Waals surface area contributed by atoms with Crippen LogP contribution in [0, 0.1) is 5.92 Å². The Labute approximate surface area is 291 Å². The normalized spacial score (nSPS) is 12.8. The standard InChI is InChI=1S/C41H50N4O4/c1-5-7-23-48-24-25-49-37-15-10-32(11-16-37)33-12-17-38-35(27-33)28-34(18-21-45(38)29-30(3)4)41(47)43-36-13-8-31(9-14-36)26-39(46)40-42-19-22-44(40)20-6-2/h8-17,19,22,27-28,30H,5-7,18,20-21,23-26,29H2,1-4H3,(H,43,47). The van der Waals surface area contributed by atoms with E-state index in [-0.39, 0.29) is 18.1 Å². The molecule has 8 nitrogen and oxygen atoms in total. The number of carbonyl (C=O) groups excluding carboxylic acids is 2. The van der Waals surface area contributed by atoms with Gasteiger partial charge in [-0.15, -0.1) is 0 Å². The zero-order chi connectivity index (χ0) is 34.6. The highest BCUT2D eigenvalue weighted by molar-refractivity contribution is 6.07. The molecule has 8 heteroatoms. The summed E-state index contributed by atoms with van der Waals surface area (Å²) in [5.74, 6) is 1.64. The first-order chi connectivity index (χ1) is 23.8. The van der Waals surface area contributed by atoms with Gasteiger partial charge in [0.2, 0.25) is 5.78 Å². The Morgan fingerprint density at radius 1 is 0.918 bits per heavy atom. The fourth-order valence-corrected chi connectivity index (χ4v) is 6.06. The molecule has 258 valence electrons. The van der Waals surface area contributed by atoms with Crippen molar-refractivity contribution >= 4 is 29.1 Å².